The second-order valence-corrected chi connectivity index (χ2v) is 7.52. The van der Waals surface area contributed by atoms with Crippen LogP contribution in [0.3, 0.4) is 0 Å². The fraction of sp³-hybridized carbons (Fsp3) is 0.389. The minimum Gasteiger partial charge on any atom is -0.467 e. The summed E-state index contributed by atoms with van der Waals surface area (Å²) in [5.41, 5.74) is 0.791. The molecule has 2 rings (SSSR count). The Morgan fingerprint density at radius 2 is 1.96 bits per heavy atom. The van der Waals surface area contributed by atoms with Gasteiger partial charge in [0, 0.05) is 13.0 Å². The Kier molecular flexibility index (Phi) is 6.64. The van der Waals surface area contributed by atoms with Crippen LogP contribution in [0.1, 0.15) is 38.0 Å². The maximum absolute atomic E-state index is 12.4. The lowest BCUT2D eigenvalue weighted by Gasteiger charge is -2.22. The molecule has 0 saturated carbocycles. The van der Waals surface area contributed by atoms with Crippen molar-refractivity contribution in [2.45, 2.75) is 39.8 Å². The molecule has 0 N–H and O–H groups in total. The Balaban J connectivity index is 2.16. The predicted octanol–water partition coefficient (Wildman–Crippen LogP) is 3.34. The number of nitrogens with zero attached hydrogens (tertiary/aromatic N) is 1. The number of hydrogen-bond donors (Lipinski definition) is 0. The van der Waals surface area contributed by atoms with Crippen LogP contribution in [-0.4, -0.2) is 25.0 Å². The Bertz CT molecular complexity index is 784. The fourth-order valence-corrected chi connectivity index (χ4v) is 2.83. The highest BCUT2D eigenvalue weighted by Crippen LogP contribution is 2.19. The van der Waals surface area contributed by atoms with Crippen molar-refractivity contribution in [2.24, 2.45) is 0 Å². The molecule has 0 radical (unpaired) electrons. The maximum atomic E-state index is 12.4. The van der Waals surface area contributed by atoms with E-state index in [2.05, 4.69) is 0 Å². The summed E-state index contributed by atoms with van der Waals surface area (Å²) in [5, 5.41) is 0. The van der Waals surface area contributed by atoms with E-state index in [0.717, 1.165) is 12.0 Å². The Hall–Kier alpha value is -2.28. The highest BCUT2D eigenvalue weighted by molar-refractivity contribution is 7.87. The van der Waals surface area contributed by atoms with Gasteiger partial charge in [-0.3, -0.25) is 4.79 Å². The van der Waals surface area contributed by atoms with Crippen molar-refractivity contribution in [3.8, 4) is 5.75 Å². The van der Waals surface area contributed by atoms with Crippen LogP contribution in [0, 0.1) is 0 Å². The molecule has 1 aromatic heterocycles. The molecule has 1 amide bonds. The Morgan fingerprint density at radius 1 is 1.16 bits per heavy atom. The Labute approximate surface area is 148 Å². The zero-order valence-electron chi connectivity index (χ0n) is 14.5. The molecule has 1 aromatic carbocycles. The molecular formula is C18H23NO5S. The molecular weight excluding hydrogens is 342 g/mol. The summed E-state index contributed by atoms with van der Waals surface area (Å²) < 4.78 is 33.6. The molecule has 6 nitrogen and oxygen atoms in total. The molecule has 0 unspecified atom stereocenters. The molecule has 7 heteroatoms. The molecule has 0 saturated heterocycles. The quantitative estimate of drug-likeness (QED) is 0.637. The van der Waals surface area contributed by atoms with E-state index in [1.807, 2.05) is 19.1 Å². The van der Waals surface area contributed by atoms with Gasteiger partial charge in [0.2, 0.25) is 5.91 Å². The van der Waals surface area contributed by atoms with Crippen molar-refractivity contribution in [1.82, 2.24) is 4.90 Å². The second kappa shape index (κ2) is 8.71. The highest BCUT2D eigenvalue weighted by Gasteiger charge is 2.16. The molecule has 0 fully saturated rings. The molecule has 0 bridgehead atoms. The van der Waals surface area contributed by atoms with Crippen molar-refractivity contribution in [2.75, 3.05) is 5.75 Å². The summed E-state index contributed by atoms with van der Waals surface area (Å²) in [4.78, 5) is 14.1. The lowest BCUT2D eigenvalue weighted by Crippen LogP contribution is -2.29. The average Bonchev–Trinajstić information content (AvgIpc) is 3.07. The lowest BCUT2D eigenvalue weighted by atomic mass is 10.2. The van der Waals surface area contributed by atoms with Gasteiger partial charge in [0.15, 0.2) is 0 Å². The largest absolute Gasteiger partial charge is 0.467 e. The third-order valence-electron chi connectivity index (χ3n) is 3.59. The molecule has 0 aliphatic heterocycles. The summed E-state index contributed by atoms with van der Waals surface area (Å²) in [6.45, 7) is 4.19. The molecule has 1 heterocycles. The summed E-state index contributed by atoms with van der Waals surface area (Å²) >= 11 is 0. The van der Waals surface area contributed by atoms with Crippen LogP contribution in [-0.2, 0) is 28.0 Å². The summed E-state index contributed by atoms with van der Waals surface area (Å²) in [6.07, 6.45) is 2.77. The molecule has 25 heavy (non-hydrogen) atoms. The summed E-state index contributed by atoms with van der Waals surface area (Å²) in [6, 6.07) is 10.4. The van der Waals surface area contributed by atoms with E-state index in [1.165, 1.54) is 6.92 Å². The molecule has 0 atom stereocenters. The molecule has 0 spiro atoms. The van der Waals surface area contributed by atoms with E-state index < -0.39 is 10.1 Å². The van der Waals surface area contributed by atoms with E-state index in [4.69, 9.17) is 8.60 Å². The number of furan rings is 1. The van der Waals surface area contributed by atoms with Crippen LogP contribution in [0.4, 0.5) is 0 Å². The van der Waals surface area contributed by atoms with Crippen LogP contribution in [0.2, 0.25) is 0 Å². The molecule has 0 aliphatic carbocycles. The number of carbonyl (C=O) groups is 1. The standard InChI is InChI=1S/C18H23NO5S/c1-3-7-18(20)19(14-17-10-6-11-23-17)13-15-8-5-9-16(12-15)24-25(21,22)4-2/h5-6,8-12H,3-4,7,13-14H2,1-2H3. The maximum Gasteiger partial charge on any atom is 0.308 e. The first-order valence-corrected chi connectivity index (χ1v) is 9.82. The van der Waals surface area contributed by atoms with Crippen LogP contribution in [0.15, 0.2) is 47.1 Å². The van der Waals surface area contributed by atoms with Crippen LogP contribution in [0.25, 0.3) is 0 Å². The van der Waals surface area contributed by atoms with Crippen molar-refractivity contribution in [3.63, 3.8) is 0 Å². The van der Waals surface area contributed by atoms with Crippen molar-refractivity contribution in [3.05, 3.63) is 54.0 Å². The van der Waals surface area contributed by atoms with Gasteiger partial charge in [-0.05, 0) is 43.2 Å². The van der Waals surface area contributed by atoms with Gasteiger partial charge in [-0.25, -0.2) is 0 Å². The topological polar surface area (TPSA) is 76.8 Å². The number of rotatable bonds is 9. The first-order chi connectivity index (χ1) is 11.9. The van der Waals surface area contributed by atoms with Gasteiger partial charge in [-0.15, -0.1) is 0 Å². The molecule has 136 valence electrons. The van der Waals surface area contributed by atoms with Gasteiger partial charge in [0.1, 0.15) is 11.5 Å². The normalized spacial score (nSPS) is 11.3. The van der Waals surface area contributed by atoms with Gasteiger partial charge in [-0.2, -0.15) is 8.42 Å². The molecule has 0 aliphatic rings. The van der Waals surface area contributed by atoms with Crippen molar-refractivity contribution >= 4 is 16.0 Å². The van der Waals surface area contributed by atoms with Crippen LogP contribution < -0.4 is 4.18 Å². The van der Waals surface area contributed by atoms with E-state index in [-0.39, 0.29) is 17.4 Å². The van der Waals surface area contributed by atoms with Gasteiger partial charge >= 0.3 is 10.1 Å². The molecule has 2 aromatic rings. The lowest BCUT2D eigenvalue weighted by molar-refractivity contribution is -0.132. The third-order valence-corrected chi connectivity index (χ3v) is 4.75. The van der Waals surface area contributed by atoms with Crippen LogP contribution in [0.5, 0.6) is 5.75 Å². The van der Waals surface area contributed by atoms with E-state index in [0.29, 0.717) is 25.3 Å². The number of carbonyl (C=O) groups excluding carboxylic acids is 1. The first-order valence-electron chi connectivity index (χ1n) is 8.24. The zero-order chi connectivity index (χ0) is 18.3. The smallest absolute Gasteiger partial charge is 0.308 e. The number of benzene rings is 1. The van der Waals surface area contributed by atoms with Gasteiger partial charge in [-0.1, -0.05) is 19.1 Å². The zero-order valence-corrected chi connectivity index (χ0v) is 15.3. The minimum atomic E-state index is -3.58. The van der Waals surface area contributed by atoms with E-state index in [1.54, 1.807) is 35.4 Å². The van der Waals surface area contributed by atoms with Crippen LogP contribution >= 0.6 is 0 Å². The van der Waals surface area contributed by atoms with E-state index in [9.17, 15) is 13.2 Å². The minimum absolute atomic E-state index is 0.0198. The van der Waals surface area contributed by atoms with Crippen molar-refractivity contribution < 1.29 is 21.8 Å². The van der Waals surface area contributed by atoms with Crippen molar-refractivity contribution in [1.29, 1.82) is 0 Å². The highest BCUT2D eigenvalue weighted by atomic mass is 32.2. The van der Waals surface area contributed by atoms with Gasteiger partial charge in [0.05, 0.1) is 18.6 Å². The third kappa shape index (κ3) is 5.94. The SMILES string of the molecule is CCCC(=O)N(Cc1cccc(OS(=O)(=O)CC)c1)Cc1ccco1. The number of hydrogen-bond acceptors (Lipinski definition) is 5. The predicted molar refractivity (Wildman–Crippen MR) is 94.4 cm³/mol. The number of amides is 1. The van der Waals surface area contributed by atoms with E-state index >= 15 is 0 Å². The summed E-state index contributed by atoms with van der Waals surface area (Å²) in [7, 11) is -3.58. The first kappa shape index (κ1) is 19.1. The summed E-state index contributed by atoms with van der Waals surface area (Å²) in [5.74, 6) is 0.869. The second-order valence-electron chi connectivity index (χ2n) is 5.66. The van der Waals surface area contributed by atoms with Gasteiger partial charge < -0.3 is 13.5 Å². The Morgan fingerprint density at radius 3 is 2.60 bits per heavy atom. The van der Waals surface area contributed by atoms with Gasteiger partial charge in [0.25, 0.3) is 0 Å². The average molecular weight is 365 g/mol. The monoisotopic (exact) mass is 365 g/mol. The fourth-order valence-electron chi connectivity index (χ4n) is 2.32.